The molecule has 1 aromatic carbocycles. The second kappa shape index (κ2) is 7.16. The van der Waals surface area contributed by atoms with Gasteiger partial charge in [-0.1, -0.05) is 17.7 Å². The van der Waals surface area contributed by atoms with Crippen LogP contribution in [0.5, 0.6) is 0 Å². The van der Waals surface area contributed by atoms with Crippen LogP contribution in [0.2, 0.25) is 0 Å². The van der Waals surface area contributed by atoms with Crippen LogP contribution in [-0.2, 0) is 19.6 Å². The molecule has 3 rings (SSSR count). The normalized spacial score (nSPS) is 16.6. The zero-order chi connectivity index (χ0) is 19.7. The van der Waals surface area contributed by atoms with Crippen LogP contribution < -0.4 is 5.32 Å². The van der Waals surface area contributed by atoms with Crippen molar-refractivity contribution in [3.63, 3.8) is 0 Å². The third kappa shape index (κ3) is 3.74. The van der Waals surface area contributed by atoms with E-state index < -0.39 is 27.4 Å². The Kier molecular flexibility index (Phi) is 5.07. The average Bonchev–Trinajstić information content (AvgIpc) is 3.14. The van der Waals surface area contributed by atoms with E-state index in [-0.39, 0.29) is 36.5 Å². The first kappa shape index (κ1) is 19.1. The standard InChI is InChI=1S/C18H20N2O6S/c1-13-2-4-15(5-3-13)27(24,25)20-9-6-14(12-20)16(21)19-18(17(22)23)7-10-26-11-8-18/h2-6,9,12H,7-8,10-11H2,1H3,(H,19,21)(H,22,23). The Labute approximate surface area is 156 Å². The molecule has 0 radical (unpaired) electrons. The highest BCUT2D eigenvalue weighted by Gasteiger charge is 2.41. The minimum Gasteiger partial charge on any atom is -0.480 e. The van der Waals surface area contributed by atoms with E-state index in [1.165, 1.54) is 30.6 Å². The summed E-state index contributed by atoms with van der Waals surface area (Å²) in [6.07, 6.45) is 2.74. The van der Waals surface area contributed by atoms with Gasteiger partial charge in [0.2, 0.25) is 0 Å². The number of carbonyl (C=O) groups excluding carboxylic acids is 1. The highest BCUT2D eigenvalue weighted by atomic mass is 32.2. The number of ether oxygens (including phenoxy) is 1. The summed E-state index contributed by atoms with van der Waals surface area (Å²) in [4.78, 5) is 24.3. The zero-order valence-electron chi connectivity index (χ0n) is 14.7. The Morgan fingerprint density at radius 2 is 1.78 bits per heavy atom. The molecule has 27 heavy (non-hydrogen) atoms. The third-order valence-corrected chi connectivity index (χ3v) is 6.28. The van der Waals surface area contributed by atoms with Gasteiger partial charge >= 0.3 is 5.97 Å². The number of aromatic nitrogens is 1. The molecule has 0 atom stereocenters. The van der Waals surface area contributed by atoms with E-state index in [0.717, 1.165) is 9.54 Å². The lowest BCUT2D eigenvalue weighted by atomic mass is 9.90. The van der Waals surface area contributed by atoms with Crippen molar-refractivity contribution in [2.24, 2.45) is 0 Å². The van der Waals surface area contributed by atoms with E-state index in [2.05, 4.69) is 5.32 Å². The molecule has 2 heterocycles. The molecule has 2 aromatic rings. The number of benzene rings is 1. The van der Waals surface area contributed by atoms with Gasteiger partial charge in [-0.3, -0.25) is 4.79 Å². The first-order chi connectivity index (χ1) is 12.7. The van der Waals surface area contributed by atoms with E-state index in [1.807, 2.05) is 6.92 Å². The molecule has 1 aliphatic rings. The van der Waals surface area contributed by atoms with Crippen LogP contribution in [0.15, 0.2) is 47.6 Å². The third-order valence-electron chi connectivity index (χ3n) is 4.63. The summed E-state index contributed by atoms with van der Waals surface area (Å²) in [7, 11) is -3.83. The lowest BCUT2D eigenvalue weighted by Gasteiger charge is -2.33. The molecule has 0 bridgehead atoms. The summed E-state index contributed by atoms with van der Waals surface area (Å²) in [6.45, 7) is 2.31. The summed E-state index contributed by atoms with van der Waals surface area (Å²) < 4.78 is 31.4. The molecule has 1 saturated heterocycles. The summed E-state index contributed by atoms with van der Waals surface area (Å²) in [5.41, 5.74) is -0.414. The number of hydrogen-bond donors (Lipinski definition) is 2. The maximum atomic E-state index is 12.7. The van der Waals surface area contributed by atoms with Gasteiger partial charge in [0.15, 0.2) is 0 Å². The molecule has 144 valence electrons. The van der Waals surface area contributed by atoms with Crippen LogP contribution in [0.3, 0.4) is 0 Å². The molecule has 1 aromatic heterocycles. The van der Waals surface area contributed by atoms with Crippen molar-refractivity contribution in [2.75, 3.05) is 13.2 Å². The number of aliphatic carboxylic acids is 1. The number of nitrogens with zero attached hydrogens (tertiary/aromatic N) is 1. The van der Waals surface area contributed by atoms with Crippen molar-refractivity contribution in [1.82, 2.24) is 9.29 Å². The van der Waals surface area contributed by atoms with Gasteiger partial charge in [0.1, 0.15) is 5.54 Å². The Balaban J connectivity index is 1.83. The predicted octanol–water partition coefficient (Wildman–Crippen LogP) is 1.40. The van der Waals surface area contributed by atoms with Crippen molar-refractivity contribution < 1.29 is 27.9 Å². The Hall–Kier alpha value is -2.65. The SMILES string of the molecule is Cc1ccc(S(=O)(=O)n2ccc(C(=O)NC3(C(=O)O)CCOCC3)c2)cc1. The van der Waals surface area contributed by atoms with E-state index in [0.29, 0.717) is 0 Å². The van der Waals surface area contributed by atoms with Crippen LogP contribution in [-0.4, -0.2) is 48.1 Å². The van der Waals surface area contributed by atoms with Gasteiger partial charge in [0.05, 0.1) is 10.5 Å². The van der Waals surface area contributed by atoms with E-state index in [4.69, 9.17) is 4.74 Å². The molecular weight excluding hydrogens is 372 g/mol. The van der Waals surface area contributed by atoms with Gasteiger partial charge in [0.25, 0.3) is 15.9 Å². The average molecular weight is 392 g/mol. The molecule has 2 N–H and O–H groups in total. The predicted molar refractivity (Wildman–Crippen MR) is 96.1 cm³/mol. The molecule has 0 saturated carbocycles. The highest BCUT2D eigenvalue weighted by Crippen LogP contribution is 2.22. The van der Waals surface area contributed by atoms with E-state index in [9.17, 15) is 23.1 Å². The Morgan fingerprint density at radius 3 is 2.37 bits per heavy atom. The first-order valence-electron chi connectivity index (χ1n) is 8.38. The first-order valence-corrected chi connectivity index (χ1v) is 9.82. The number of rotatable bonds is 5. The maximum Gasteiger partial charge on any atom is 0.329 e. The summed E-state index contributed by atoms with van der Waals surface area (Å²) >= 11 is 0. The number of amides is 1. The van der Waals surface area contributed by atoms with Crippen molar-refractivity contribution >= 4 is 21.9 Å². The Bertz CT molecular complexity index is 956. The lowest BCUT2D eigenvalue weighted by molar-refractivity contribution is -0.148. The number of carbonyl (C=O) groups is 2. The van der Waals surface area contributed by atoms with Crippen LogP contribution in [0, 0.1) is 6.92 Å². The van der Waals surface area contributed by atoms with Crippen LogP contribution >= 0.6 is 0 Å². The van der Waals surface area contributed by atoms with Crippen LogP contribution in [0.4, 0.5) is 0 Å². The molecule has 8 nitrogen and oxygen atoms in total. The zero-order valence-corrected chi connectivity index (χ0v) is 15.5. The number of nitrogens with one attached hydrogen (secondary N) is 1. The molecule has 0 spiro atoms. The minimum absolute atomic E-state index is 0.0674. The van der Waals surface area contributed by atoms with Crippen LogP contribution in [0.25, 0.3) is 0 Å². The summed E-state index contributed by atoms with van der Waals surface area (Å²) in [5, 5.41) is 12.1. The van der Waals surface area contributed by atoms with Crippen molar-refractivity contribution in [1.29, 1.82) is 0 Å². The summed E-state index contributed by atoms with van der Waals surface area (Å²) in [5.74, 6) is -1.77. The largest absolute Gasteiger partial charge is 0.480 e. The maximum absolute atomic E-state index is 12.7. The minimum atomic E-state index is -3.83. The van der Waals surface area contributed by atoms with Gasteiger partial charge in [-0.05, 0) is 25.1 Å². The van der Waals surface area contributed by atoms with Gasteiger partial charge in [-0.25, -0.2) is 17.2 Å². The topological polar surface area (TPSA) is 115 Å². The van der Waals surface area contributed by atoms with Crippen molar-refractivity contribution in [2.45, 2.75) is 30.2 Å². The number of aryl methyl sites for hydroxylation is 1. The number of carboxylic acid groups (broad SMARTS) is 1. The lowest BCUT2D eigenvalue weighted by Crippen LogP contribution is -2.57. The second-order valence-electron chi connectivity index (χ2n) is 6.50. The fourth-order valence-corrected chi connectivity index (χ4v) is 4.09. The molecule has 0 aliphatic carbocycles. The highest BCUT2D eigenvalue weighted by molar-refractivity contribution is 7.90. The fraction of sp³-hybridized carbons (Fsp3) is 0.333. The van der Waals surface area contributed by atoms with E-state index >= 15 is 0 Å². The molecule has 1 amide bonds. The summed E-state index contributed by atoms with van der Waals surface area (Å²) in [6, 6.07) is 7.70. The van der Waals surface area contributed by atoms with Gasteiger partial charge in [-0.15, -0.1) is 0 Å². The van der Waals surface area contributed by atoms with Crippen molar-refractivity contribution in [3.8, 4) is 0 Å². The molecule has 0 unspecified atom stereocenters. The van der Waals surface area contributed by atoms with Crippen molar-refractivity contribution in [3.05, 3.63) is 53.9 Å². The smallest absolute Gasteiger partial charge is 0.329 e. The molecular formula is C18H20N2O6S. The molecule has 1 fully saturated rings. The Morgan fingerprint density at radius 1 is 1.15 bits per heavy atom. The fourth-order valence-electron chi connectivity index (χ4n) is 2.89. The monoisotopic (exact) mass is 392 g/mol. The number of hydrogen-bond acceptors (Lipinski definition) is 5. The second-order valence-corrected chi connectivity index (χ2v) is 8.35. The molecule has 9 heteroatoms. The van der Waals surface area contributed by atoms with Gasteiger partial charge in [0, 0.05) is 38.4 Å². The van der Waals surface area contributed by atoms with Crippen LogP contribution in [0.1, 0.15) is 28.8 Å². The van der Waals surface area contributed by atoms with Gasteiger partial charge < -0.3 is 15.2 Å². The van der Waals surface area contributed by atoms with E-state index in [1.54, 1.807) is 12.1 Å². The quantitative estimate of drug-likeness (QED) is 0.795. The van der Waals surface area contributed by atoms with Gasteiger partial charge in [-0.2, -0.15) is 0 Å². The number of carboxylic acids is 1. The molecule has 1 aliphatic heterocycles.